The van der Waals surface area contributed by atoms with E-state index >= 15 is 0 Å². The van der Waals surface area contributed by atoms with Crippen molar-refractivity contribution in [2.75, 3.05) is 17.4 Å². The van der Waals surface area contributed by atoms with E-state index in [-0.39, 0.29) is 0 Å². The Kier molecular flexibility index (Phi) is 2.73. The van der Waals surface area contributed by atoms with Gasteiger partial charge < -0.3 is 10.3 Å². The Morgan fingerprint density at radius 3 is 2.87 bits per heavy atom. The lowest BCUT2D eigenvalue weighted by Crippen LogP contribution is -2.31. The van der Waals surface area contributed by atoms with Gasteiger partial charge in [0.2, 0.25) is 0 Å². The van der Waals surface area contributed by atoms with Crippen molar-refractivity contribution in [3.63, 3.8) is 0 Å². The van der Waals surface area contributed by atoms with Gasteiger partial charge in [0.25, 0.3) is 0 Å². The maximum absolute atomic E-state index is 5.31. The van der Waals surface area contributed by atoms with Crippen LogP contribution in [-0.4, -0.2) is 23.1 Å². The minimum atomic E-state index is 0.533. The van der Waals surface area contributed by atoms with Crippen LogP contribution in [0.1, 0.15) is 19.8 Å². The second kappa shape index (κ2) is 4.02. The minimum absolute atomic E-state index is 0.533. The number of anilines is 2. The van der Waals surface area contributed by atoms with Gasteiger partial charge in [-0.15, -0.1) is 0 Å². The average Bonchev–Trinajstić information content (AvgIpc) is 3.11. The van der Waals surface area contributed by atoms with E-state index in [0.29, 0.717) is 11.9 Å². The van der Waals surface area contributed by atoms with Crippen LogP contribution in [0.3, 0.4) is 0 Å². The first-order valence-electron chi connectivity index (χ1n) is 5.24. The zero-order valence-electron chi connectivity index (χ0n) is 9.14. The van der Waals surface area contributed by atoms with Gasteiger partial charge in [-0.25, -0.2) is 15.8 Å². The number of rotatable bonds is 4. The smallest absolute Gasteiger partial charge is 0.145 e. The van der Waals surface area contributed by atoms with Crippen LogP contribution in [0, 0.1) is 5.92 Å². The van der Waals surface area contributed by atoms with Crippen molar-refractivity contribution in [1.29, 1.82) is 0 Å². The van der Waals surface area contributed by atoms with Crippen molar-refractivity contribution in [1.82, 2.24) is 9.97 Å². The Hall–Kier alpha value is -1.36. The van der Waals surface area contributed by atoms with Gasteiger partial charge in [-0.05, 0) is 25.7 Å². The van der Waals surface area contributed by atoms with Gasteiger partial charge >= 0.3 is 0 Å². The molecule has 5 nitrogen and oxygen atoms in total. The molecule has 0 saturated heterocycles. The van der Waals surface area contributed by atoms with E-state index in [9.17, 15) is 0 Å². The van der Waals surface area contributed by atoms with Crippen LogP contribution in [-0.2, 0) is 0 Å². The van der Waals surface area contributed by atoms with Crippen LogP contribution in [0.15, 0.2) is 12.4 Å². The van der Waals surface area contributed by atoms with Crippen molar-refractivity contribution >= 4 is 11.6 Å². The molecule has 3 N–H and O–H groups in total. The maximum atomic E-state index is 5.31. The third-order valence-corrected chi connectivity index (χ3v) is 3.08. The third kappa shape index (κ3) is 2.18. The zero-order valence-corrected chi connectivity index (χ0v) is 9.14. The molecule has 1 aromatic rings. The number of nitrogens with two attached hydrogens (primary N) is 1. The second-order valence-corrected chi connectivity index (χ2v) is 4.09. The topological polar surface area (TPSA) is 67.1 Å². The van der Waals surface area contributed by atoms with Crippen LogP contribution < -0.4 is 16.2 Å². The van der Waals surface area contributed by atoms with Gasteiger partial charge in [0.1, 0.15) is 18.0 Å². The summed E-state index contributed by atoms with van der Waals surface area (Å²) in [5, 5.41) is 0. The van der Waals surface area contributed by atoms with Gasteiger partial charge in [-0.2, -0.15) is 0 Å². The SMILES string of the molecule is CC(C1CC1)N(C)c1cc(NN)ncn1. The lowest BCUT2D eigenvalue weighted by Gasteiger charge is -2.25. The number of hydrogen-bond donors (Lipinski definition) is 2. The average molecular weight is 207 g/mol. The third-order valence-electron chi connectivity index (χ3n) is 3.08. The van der Waals surface area contributed by atoms with Gasteiger partial charge in [-0.1, -0.05) is 0 Å². The molecule has 0 aliphatic heterocycles. The monoisotopic (exact) mass is 207 g/mol. The normalized spacial score (nSPS) is 17.3. The lowest BCUT2D eigenvalue weighted by molar-refractivity contribution is 0.603. The van der Waals surface area contributed by atoms with Gasteiger partial charge in [-0.3, -0.25) is 0 Å². The Morgan fingerprint density at radius 2 is 2.27 bits per heavy atom. The summed E-state index contributed by atoms with van der Waals surface area (Å²) in [6, 6.07) is 2.39. The quantitative estimate of drug-likeness (QED) is 0.569. The molecule has 1 aliphatic carbocycles. The van der Waals surface area contributed by atoms with Crippen LogP contribution in [0.2, 0.25) is 0 Å². The number of aromatic nitrogens is 2. The Labute approximate surface area is 89.7 Å². The van der Waals surface area contributed by atoms with Crippen LogP contribution in [0.25, 0.3) is 0 Å². The van der Waals surface area contributed by atoms with Crippen molar-refractivity contribution in [2.45, 2.75) is 25.8 Å². The minimum Gasteiger partial charge on any atom is -0.357 e. The molecule has 1 fully saturated rings. The molecule has 15 heavy (non-hydrogen) atoms. The van der Waals surface area contributed by atoms with Crippen LogP contribution in [0.4, 0.5) is 11.6 Å². The first-order chi connectivity index (χ1) is 7.22. The van der Waals surface area contributed by atoms with E-state index in [1.54, 1.807) is 0 Å². The van der Waals surface area contributed by atoms with Gasteiger partial charge in [0, 0.05) is 19.2 Å². The summed E-state index contributed by atoms with van der Waals surface area (Å²) in [7, 11) is 2.06. The Morgan fingerprint density at radius 1 is 1.53 bits per heavy atom. The number of hydrogen-bond acceptors (Lipinski definition) is 5. The van der Waals surface area contributed by atoms with E-state index in [1.807, 2.05) is 6.07 Å². The lowest BCUT2D eigenvalue weighted by atomic mass is 10.2. The number of hydrazine groups is 1. The van der Waals surface area contributed by atoms with Crippen molar-refractivity contribution in [3.05, 3.63) is 12.4 Å². The predicted molar refractivity (Wildman–Crippen MR) is 60.4 cm³/mol. The summed E-state index contributed by atoms with van der Waals surface area (Å²) < 4.78 is 0. The first kappa shape index (κ1) is 10.2. The Bertz CT molecular complexity index is 336. The molecule has 1 saturated carbocycles. The molecular formula is C10H17N5. The molecule has 0 radical (unpaired) electrons. The molecule has 82 valence electrons. The summed E-state index contributed by atoms with van der Waals surface area (Å²) in [6.07, 6.45) is 4.19. The van der Waals surface area contributed by atoms with E-state index in [4.69, 9.17) is 5.84 Å². The number of nitrogen functional groups attached to an aromatic ring is 1. The molecule has 1 heterocycles. The van der Waals surface area contributed by atoms with Crippen LogP contribution in [0.5, 0.6) is 0 Å². The van der Waals surface area contributed by atoms with E-state index in [0.717, 1.165) is 11.7 Å². The van der Waals surface area contributed by atoms with Crippen molar-refractivity contribution in [3.8, 4) is 0 Å². The fourth-order valence-corrected chi connectivity index (χ4v) is 1.72. The van der Waals surface area contributed by atoms with E-state index in [1.165, 1.54) is 19.2 Å². The molecule has 1 atom stereocenters. The van der Waals surface area contributed by atoms with E-state index in [2.05, 4.69) is 34.3 Å². The molecule has 1 aromatic heterocycles. The molecule has 0 amide bonds. The molecule has 5 heteroatoms. The summed E-state index contributed by atoms with van der Waals surface area (Å²) in [5.41, 5.74) is 2.53. The standard InChI is InChI=1S/C10H17N5/c1-7(8-3-4-8)15(2)10-5-9(14-11)12-6-13-10/h5-8H,3-4,11H2,1-2H3,(H,12,13,14). The Balaban J connectivity index is 2.12. The summed E-state index contributed by atoms with van der Waals surface area (Å²) in [6.45, 7) is 2.23. The van der Waals surface area contributed by atoms with Crippen LogP contribution >= 0.6 is 0 Å². The van der Waals surface area contributed by atoms with Gasteiger partial charge in [0.15, 0.2) is 0 Å². The summed E-state index contributed by atoms with van der Waals surface area (Å²) >= 11 is 0. The molecule has 0 bridgehead atoms. The largest absolute Gasteiger partial charge is 0.357 e. The summed E-state index contributed by atoms with van der Waals surface area (Å²) in [4.78, 5) is 10.4. The highest BCUT2D eigenvalue weighted by molar-refractivity contribution is 5.48. The maximum Gasteiger partial charge on any atom is 0.145 e. The molecule has 0 spiro atoms. The zero-order chi connectivity index (χ0) is 10.8. The van der Waals surface area contributed by atoms with Crippen molar-refractivity contribution < 1.29 is 0 Å². The molecule has 2 rings (SSSR count). The highest BCUT2D eigenvalue weighted by atomic mass is 15.3. The van der Waals surface area contributed by atoms with E-state index < -0.39 is 0 Å². The number of nitrogens with zero attached hydrogens (tertiary/aromatic N) is 3. The highest BCUT2D eigenvalue weighted by Gasteiger charge is 2.31. The summed E-state index contributed by atoms with van der Waals surface area (Å²) in [5.74, 6) is 7.69. The van der Waals surface area contributed by atoms with Gasteiger partial charge in [0.05, 0.1) is 0 Å². The second-order valence-electron chi connectivity index (χ2n) is 4.09. The molecular weight excluding hydrogens is 190 g/mol. The van der Waals surface area contributed by atoms with Crippen molar-refractivity contribution in [2.24, 2.45) is 11.8 Å². The number of nitrogens with one attached hydrogen (secondary N) is 1. The first-order valence-corrected chi connectivity index (χ1v) is 5.24. The highest BCUT2D eigenvalue weighted by Crippen LogP contribution is 2.35. The molecule has 1 aliphatic rings. The fraction of sp³-hybridized carbons (Fsp3) is 0.600. The fourth-order valence-electron chi connectivity index (χ4n) is 1.72. The molecule has 1 unspecified atom stereocenters. The predicted octanol–water partition coefficient (Wildman–Crippen LogP) is 0.997. The molecule has 0 aromatic carbocycles.